The van der Waals surface area contributed by atoms with E-state index in [2.05, 4.69) is 10.7 Å². The molecule has 20 heavy (non-hydrogen) atoms. The van der Waals surface area contributed by atoms with E-state index in [-0.39, 0.29) is 16.9 Å². The van der Waals surface area contributed by atoms with Crippen LogP contribution in [0, 0.1) is 10.1 Å². The van der Waals surface area contributed by atoms with Crippen molar-refractivity contribution in [2.45, 2.75) is 19.4 Å². The standard InChI is InChI=1S/C11H15N5O4/c1-11(2,10(12)18)14-9(17)6-3-4-7(15-13)8(5-6)16(19)20/h3-5,15H,13H2,1-2H3,(H2,12,18)(H,14,17). The molecule has 0 bridgehead atoms. The second-order valence-corrected chi connectivity index (χ2v) is 4.58. The highest BCUT2D eigenvalue weighted by atomic mass is 16.6. The topological polar surface area (TPSA) is 153 Å². The molecule has 9 nitrogen and oxygen atoms in total. The largest absolute Gasteiger partial charge is 0.368 e. The lowest BCUT2D eigenvalue weighted by Gasteiger charge is -2.22. The van der Waals surface area contributed by atoms with E-state index in [1.54, 1.807) is 0 Å². The Hall–Kier alpha value is -2.68. The normalized spacial score (nSPS) is 10.8. The fourth-order valence-electron chi connectivity index (χ4n) is 1.36. The van der Waals surface area contributed by atoms with Crippen LogP contribution < -0.4 is 22.3 Å². The summed E-state index contributed by atoms with van der Waals surface area (Å²) in [6, 6.07) is 3.69. The lowest BCUT2D eigenvalue weighted by molar-refractivity contribution is -0.384. The molecule has 2 amide bonds. The second-order valence-electron chi connectivity index (χ2n) is 4.58. The molecule has 0 saturated carbocycles. The summed E-state index contributed by atoms with van der Waals surface area (Å²) in [5, 5.41) is 13.2. The number of benzene rings is 1. The van der Waals surface area contributed by atoms with E-state index in [4.69, 9.17) is 11.6 Å². The molecule has 1 rings (SSSR count). The van der Waals surface area contributed by atoms with Gasteiger partial charge in [-0.1, -0.05) is 0 Å². The number of carbonyl (C=O) groups is 2. The summed E-state index contributed by atoms with van der Waals surface area (Å²) in [6.45, 7) is 2.86. The van der Waals surface area contributed by atoms with Crippen molar-refractivity contribution >= 4 is 23.2 Å². The summed E-state index contributed by atoms with van der Waals surface area (Å²) in [5.41, 5.74) is 5.77. The van der Waals surface area contributed by atoms with Crippen LogP contribution in [-0.4, -0.2) is 22.3 Å². The zero-order valence-corrected chi connectivity index (χ0v) is 11.0. The second kappa shape index (κ2) is 5.53. The monoisotopic (exact) mass is 281 g/mol. The first kappa shape index (κ1) is 15.4. The van der Waals surface area contributed by atoms with Gasteiger partial charge in [-0.15, -0.1) is 0 Å². The molecule has 0 aliphatic heterocycles. The van der Waals surface area contributed by atoms with Gasteiger partial charge in [-0.05, 0) is 26.0 Å². The van der Waals surface area contributed by atoms with E-state index in [9.17, 15) is 19.7 Å². The number of nitro groups is 1. The number of nitrogens with zero attached hydrogens (tertiary/aromatic N) is 1. The molecule has 0 heterocycles. The van der Waals surface area contributed by atoms with Crippen LogP contribution in [0.3, 0.4) is 0 Å². The van der Waals surface area contributed by atoms with Crippen LogP contribution in [0.5, 0.6) is 0 Å². The molecule has 9 heteroatoms. The van der Waals surface area contributed by atoms with Gasteiger partial charge in [0.2, 0.25) is 5.91 Å². The minimum absolute atomic E-state index is 0.0185. The molecule has 0 fully saturated rings. The summed E-state index contributed by atoms with van der Waals surface area (Å²) in [5.74, 6) is 3.77. The number of primary amides is 1. The molecule has 6 N–H and O–H groups in total. The van der Waals surface area contributed by atoms with Gasteiger partial charge in [-0.25, -0.2) is 0 Å². The highest BCUT2D eigenvalue weighted by molar-refractivity contribution is 5.99. The minimum atomic E-state index is -1.27. The number of hydrogen-bond acceptors (Lipinski definition) is 6. The lowest BCUT2D eigenvalue weighted by Crippen LogP contribution is -2.53. The summed E-state index contributed by atoms with van der Waals surface area (Å²) in [7, 11) is 0. The third-order valence-electron chi connectivity index (χ3n) is 2.65. The van der Waals surface area contributed by atoms with Crippen LogP contribution in [0.2, 0.25) is 0 Å². The van der Waals surface area contributed by atoms with Crippen molar-refractivity contribution in [1.29, 1.82) is 0 Å². The Morgan fingerprint density at radius 2 is 1.95 bits per heavy atom. The SMILES string of the molecule is CC(C)(NC(=O)c1ccc(NN)c([N+](=O)[O-])c1)C(N)=O. The molecule has 108 valence electrons. The Morgan fingerprint density at radius 3 is 2.40 bits per heavy atom. The number of amides is 2. The van der Waals surface area contributed by atoms with E-state index >= 15 is 0 Å². The molecule has 0 atom stereocenters. The smallest absolute Gasteiger partial charge is 0.294 e. The first-order valence-electron chi connectivity index (χ1n) is 5.56. The first-order valence-corrected chi connectivity index (χ1v) is 5.56. The Labute approximate surface area is 114 Å². The van der Waals surface area contributed by atoms with Crippen LogP contribution >= 0.6 is 0 Å². The van der Waals surface area contributed by atoms with Crippen LogP contribution in [0.25, 0.3) is 0 Å². The first-order chi connectivity index (χ1) is 9.19. The van der Waals surface area contributed by atoms with Gasteiger partial charge >= 0.3 is 0 Å². The number of nitrogens with two attached hydrogens (primary N) is 2. The molecule has 1 aromatic carbocycles. The zero-order chi connectivity index (χ0) is 15.5. The van der Waals surface area contributed by atoms with Crippen molar-refractivity contribution in [2.75, 3.05) is 5.43 Å². The van der Waals surface area contributed by atoms with Crippen molar-refractivity contribution < 1.29 is 14.5 Å². The predicted molar refractivity (Wildman–Crippen MR) is 71.6 cm³/mol. The maximum absolute atomic E-state index is 11.9. The highest BCUT2D eigenvalue weighted by Crippen LogP contribution is 2.24. The lowest BCUT2D eigenvalue weighted by atomic mass is 10.0. The van der Waals surface area contributed by atoms with E-state index in [0.29, 0.717) is 0 Å². The average molecular weight is 281 g/mol. The number of rotatable bonds is 5. The number of nitrogens with one attached hydrogen (secondary N) is 2. The van der Waals surface area contributed by atoms with Gasteiger partial charge in [0, 0.05) is 11.6 Å². The van der Waals surface area contributed by atoms with Crippen LogP contribution in [0.4, 0.5) is 11.4 Å². The van der Waals surface area contributed by atoms with Gasteiger partial charge in [-0.2, -0.15) is 0 Å². The predicted octanol–water partition coefficient (Wildman–Crippen LogP) is -0.126. The van der Waals surface area contributed by atoms with E-state index in [1.165, 1.54) is 26.0 Å². The number of nitrogen functional groups attached to an aromatic ring is 1. The van der Waals surface area contributed by atoms with Crippen LogP contribution in [0.1, 0.15) is 24.2 Å². The summed E-state index contributed by atoms with van der Waals surface area (Å²) < 4.78 is 0. The van der Waals surface area contributed by atoms with Gasteiger partial charge in [0.05, 0.1) is 4.92 Å². The molecule has 0 aliphatic carbocycles. The van der Waals surface area contributed by atoms with Gasteiger partial charge in [0.15, 0.2) is 0 Å². The van der Waals surface area contributed by atoms with Crippen molar-refractivity contribution in [2.24, 2.45) is 11.6 Å². The summed E-state index contributed by atoms with van der Waals surface area (Å²) in [6.07, 6.45) is 0. The molecule has 0 aromatic heterocycles. The van der Waals surface area contributed by atoms with E-state index in [0.717, 1.165) is 6.07 Å². The van der Waals surface area contributed by atoms with E-state index in [1.807, 2.05) is 0 Å². The quantitative estimate of drug-likeness (QED) is 0.335. The van der Waals surface area contributed by atoms with Crippen molar-refractivity contribution in [3.05, 3.63) is 33.9 Å². The van der Waals surface area contributed by atoms with Crippen molar-refractivity contribution in [3.8, 4) is 0 Å². The molecule has 0 spiro atoms. The van der Waals surface area contributed by atoms with Crippen molar-refractivity contribution in [1.82, 2.24) is 5.32 Å². The molecular formula is C11H15N5O4. The van der Waals surface area contributed by atoms with E-state index < -0.39 is 22.3 Å². The third kappa shape index (κ3) is 3.20. The molecular weight excluding hydrogens is 266 g/mol. The number of carbonyl (C=O) groups excluding carboxylic acids is 2. The number of anilines is 1. The van der Waals surface area contributed by atoms with Gasteiger partial charge in [0.1, 0.15) is 11.2 Å². The van der Waals surface area contributed by atoms with Crippen LogP contribution in [0.15, 0.2) is 18.2 Å². The molecule has 0 radical (unpaired) electrons. The Balaban J connectivity index is 3.09. The number of hydrazine groups is 1. The number of hydrogen-bond donors (Lipinski definition) is 4. The molecule has 1 aromatic rings. The van der Waals surface area contributed by atoms with Gasteiger partial charge in [0.25, 0.3) is 11.6 Å². The fraction of sp³-hybridized carbons (Fsp3) is 0.273. The molecule has 0 saturated heterocycles. The molecule has 0 unspecified atom stereocenters. The Bertz CT molecular complexity index is 570. The average Bonchev–Trinajstić information content (AvgIpc) is 2.37. The number of nitro benzene ring substituents is 1. The minimum Gasteiger partial charge on any atom is -0.368 e. The summed E-state index contributed by atoms with van der Waals surface area (Å²) >= 11 is 0. The summed E-state index contributed by atoms with van der Waals surface area (Å²) in [4.78, 5) is 33.3. The maximum atomic E-state index is 11.9. The van der Waals surface area contributed by atoms with Crippen LogP contribution in [-0.2, 0) is 4.79 Å². The molecule has 0 aliphatic rings. The Morgan fingerprint density at radius 1 is 1.35 bits per heavy atom. The third-order valence-corrected chi connectivity index (χ3v) is 2.65. The van der Waals surface area contributed by atoms with Crippen molar-refractivity contribution in [3.63, 3.8) is 0 Å². The maximum Gasteiger partial charge on any atom is 0.294 e. The fourth-order valence-corrected chi connectivity index (χ4v) is 1.36. The van der Waals surface area contributed by atoms with Gasteiger partial charge in [-0.3, -0.25) is 25.5 Å². The Kier molecular flexibility index (Phi) is 4.25. The van der Waals surface area contributed by atoms with Gasteiger partial charge < -0.3 is 16.5 Å². The highest BCUT2D eigenvalue weighted by Gasteiger charge is 2.28. The zero-order valence-electron chi connectivity index (χ0n) is 11.0.